The Labute approximate surface area is 109 Å². The molecule has 1 atom stereocenters. The van der Waals surface area contributed by atoms with Crippen LogP contribution in [0.15, 0.2) is 0 Å². The first kappa shape index (κ1) is 14.4. The molecule has 1 fully saturated rings. The number of hydrogen-bond acceptors (Lipinski definition) is 3. The summed E-state index contributed by atoms with van der Waals surface area (Å²) in [6.07, 6.45) is 1.15. The SMILES string of the molecule is CCN1CCC(CNC(=O)C(C)(C)C(N)=S)C1. The van der Waals surface area contributed by atoms with Crippen molar-refractivity contribution in [2.75, 3.05) is 26.2 Å². The molecule has 1 saturated heterocycles. The molecule has 0 aromatic carbocycles. The fourth-order valence-corrected chi connectivity index (χ4v) is 2.03. The molecule has 0 aliphatic carbocycles. The monoisotopic (exact) mass is 257 g/mol. The zero-order chi connectivity index (χ0) is 13.1. The Hall–Kier alpha value is -0.680. The summed E-state index contributed by atoms with van der Waals surface area (Å²) in [4.78, 5) is 14.6. The van der Waals surface area contributed by atoms with Crippen LogP contribution in [-0.4, -0.2) is 42.0 Å². The summed E-state index contributed by atoms with van der Waals surface area (Å²) < 4.78 is 0. The molecule has 0 spiro atoms. The van der Waals surface area contributed by atoms with E-state index in [1.54, 1.807) is 13.8 Å². The smallest absolute Gasteiger partial charge is 0.232 e. The number of thiocarbonyl (C=S) groups is 1. The van der Waals surface area contributed by atoms with Gasteiger partial charge < -0.3 is 16.0 Å². The lowest BCUT2D eigenvalue weighted by atomic mass is 9.92. The van der Waals surface area contributed by atoms with Crippen LogP contribution in [0, 0.1) is 11.3 Å². The van der Waals surface area contributed by atoms with Crippen molar-refractivity contribution in [2.45, 2.75) is 27.2 Å². The zero-order valence-electron chi connectivity index (χ0n) is 11.0. The van der Waals surface area contributed by atoms with Gasteiger partial charge in [-0.2, -0.15) is 0 Å². The Bertz CT molecular complexity index is 304. The number of likely N-dealkylation sites (tertiary alicyclic amines) is 1. The van der Waals surface area contributed by atoms with Gasteiger partial charge in [0.25, 0.3) is 0 Å². The van der Waals surface area contributed by atoms with Crippen molar-refractivity contribution < 1.29 is 4.79 Å². The van der Waals surface area contributed by atoms with E-state index in [2.05, 4.69) is 17.1 Å². The van der Waals surface area contributed by atoms with Gasteiger partial charge in [0, 0.05) is 13.1 Å². The maximum Gasteiger partial charge on any atom is 0.232 e. The fraction of sp³-hybridized carbons (Fsp3) is 0.833. The highest BCUT2D eigenvalue weighted by Gasteiger charge is 2.31. The van der Waals surface area contributed by atoms with Gasteiger partial charge in [-0.15, -0.1) is 0 Å². The van der Waals surface area contributed by atoms with Gasteiger partial charge in [-0.3, -0.25) is 4.79 Å². The number of nitrogens with one attached hydrogen (secondary N) is 1. The quantitative estimate of drug-likeness (QED) is 0.714. The molecule has 1 aliphatic rings. The second kappa shape index (κ2) is 5.78. The molecule has 98 valence electrons. The molecular formula is C12H23N3OS. The van der Waals surface area contributed by atoms with E-state index in [-0.39, 0.29) is 10.9 Å². The lowest BCUT2D eigenvalue weighted by Crippen LogP contribution is -2.46. The zero-order valence-corrected chi connectivity index (χ0v) is 11.8. The Morgan fingerprint density at radius 2 is 2.24 bits per heavy atom. The predicted molar refractivity (Wildman–Crippen MR) is 73.8 cm³/mol. The molecule has 0 saturated carbocycles. The molecule has 4 nitrogen and oxygen atoms in total. The second-order valence-corrected chi connectivity index (χ2v) is 5.69. The maximum absolute atomic E-state index is 11.9. The second-order valence-electron chi connectivity index (χ2n) is 5.25. The van der Waals surface area contributed by atoms with Crippen molar-refractivity contribution >= 4 is 23.1 Å². The average Bonchev–Trinajstić information content (AvgIpc) is 2.73. The van der Waals surface area contributed by atoms with Gasteiger partial charge in [-0.05, 0) is 39.3 Å². The van der Waals surface area contributed by atoms with Gasteiger partial charge in [0.2, 0.25) is 5.91 Å². The Kier molecular flexibility index (Phi) is 4.89. The van der Waals surface area contributed by atoms with Crippen molar-refractivity contribution in [1.82, 2.24) is 10.2 Å². The van der Waals surface area contributed by atoms with E-state index in [9.17, 15) is 4.79 Å². The van der Waals surface area contributed by atoms with E-state index in [1.807, 2.05) is 0 Å². The summed E-state index contributed by atoms with van der Waals surface area (Å²) in [5.41, 5.74) is 4.81. The third-order valence-electron chi connectivity index (χ3n) is 3.55. The first-order chi connectivity index (χ1) is 7.87. The third kappa shape index (κ3) is 3.64. The Morgan fingerprint density at radius 1 is 1.59 bits per heavy atom. The van der Waals surface area contributed by atoms with Crippen molar-refractivity contribution in [3.05, 3.63) is 0 Å². The average molecular weight is 257 g/mol. The first-order valence-corrected chi connectivity index (χ1v) is 6.59. The van der Waals surface area contributed by atoms with Gasteiger partial charge in [-0.1, -0.05) is 19.1 Å². The maximum atomic E-state index is 11.9. The minimum absolute atomic E-state index is 0.0695. The topological polar surface area (TPSA) is 58.4 Å². The van der Waals surface area contributed by atoms with Crippen LogP contribution >= 0.6 is 12.2 Å². The molecule has 5 heteroatoms. The Balaban J connectivity index is 2.37. The summed E-state index contributed by atoms with van der Waals surface area (Å²) in [7, 11) is 0. The number of carbonyl (C=O) groups is 1. The van der Waals surface area contributed by atoms with Crippen LogP contribution in [0.5, 0.6) is 0 Å². The van der Waals surface area contributed by atoms with Crippen molar-refractivity contribution in [3.63, 3.8) is 0 Å². The van der Waals surface area contributed by atoms with Crippen LogP contribution in [0.3, 0.4) is 0 Å². The molecule has 0 bridgehead atoms. The van der Waals surface area contributed by atoms with Crippen LogP contribution in [0.4, 0.5) is 0 Å². The number of amides is 1. The van der Waals surface area contributed by atoms with Crippen LogP contribution in [0.2, 0.25) is 0 Å². The fourth-order valence-electron chi connectivity index (χ4n) is 1.94. The Morgan fingerprint density at radius 3 is 2.71 bits per heavy atom. The number of rotatable bonds is 5. The van der Waals surface area contributed by atoms with E-state index in [0.29, 0.717) is 5.92 Å². The van der Waals surface area contributed by atoms with Crippen LogP contribution in [0.25, 0.3) is 0 Å². The lowest BCUT2D eigenvalue weighted by molar-refractivity contribution is -0.126. The van der Waals surface area contributed by atoms with Crippen molar-refractivity contribution in [1.29, 1.82) is 0 Å². The third-order valence-corrected chi connectivity index (χ3v) is 4.06. The highest BCUT2D eigenvalue weighted by Crippen LogP contribution is 2.18. The number of carbonyl (C=O) groups excluding carboxylic acids is 1. The lowest BCUT2D eigenvalue weighted by Gasteiger charge is -2.23. The largest absolute Gasteiger partial charge is 0.392 e. The van der Waals surface area contributed by atoms with Gasteiger partial charge in [0.1, 0.15) is 0 Å². The van der Waals surface area contributed by atoms with Gasteiger partial charge in [0.15, 0.2) is 0 Å². The molecule has 1 heterocycles. The molecule has 0 aromatic rings. The van der Waals surface area contributed by atoms with Crippen molar-refractivity contribution in [2.24, 2.45) is 17.1 Å². The number of hydrogen-bond donors (Lipinski definition) is 2. The van der Waals surface area contributed by atoms with E-state index in [1.165, 1.54) is 0 Å². The molecule has 3 N–H and O–H groups in total. The standard InChI is InChI=1S/C12H23N3OS/c1-4-15-6-5-9(8-15)7-14-11(16)12(2,3)10(13)17/h9H,4-8H2,1-3H3,(H2,13,17)(H,14,16). The van der Waals surface area contributed by atoms with Crippen molar-refractivity contribution in [3.8, 4) is 0 Å². The summed E-state index contributed by atoms with van der Waals surface area (Å²) in [6.45, 7) is 9.70. The molecule has 0 radical (unpaired) electrons. The molecule has 1 aliphatic heterocycles. The van der Waals surface area contributed by atoms with E-state index in [0.717, 1.165) is 32.6 Å². The number of nitrogens with zero attached hydrogens (tertiary/aromatic N) is 1. The summed E-state index contributed by atoms with van der Waals surface area (Å²) in [5.74, 6) is 0.487. The summed E-state index contributed by atoms with van der Waals surface area (Å²) in [5, 5.41) is 2.96. The molecule has 1 amide bonds. The first-order valence-electron chi connectivity index (χ1n) is 6.18. The van der Waals surface area contributed by atoms with E-state index >= 15 is 0 Å². The predicted octanol–water partition coefficient (Wildman–Crippen LogP) is 0.757. The summed E-state index contributed by atoms with van der Waals surface area (Å²) >= 11 is 4.90. The van der Waals surface area contributed by atoms with Crippen LogP contribution < -0.4 is 11.1 Å². The van der Waals surface area contributed by atoms with E-state index < -0.39 is 5.41 Å². The molecule has 0 aromatic heterocycles. The van der Waals surface area contributed by atoms with Crippen LogP contribution in [-0.2, 0) is 4.79 Å². The molecule has 1 rings (SSSR count). The minimum atomic E-state index is -0.752. The van der Waals surface area contributed by atoms with Gasteiger partial charge in [0.05, 0.1) is 10.4 Å². The highest BCUT2D eigenvalue weighted by molar-refractivity contribution is 7.80. The minimum Gasteiger partial charge on any atom is -0.392 e. The molecular weight excluding hydrogens is 234 g/mol. The molecule has 17 heavy (non-hydrogen) atoms. The van der Waals surface area contributed by atoms with E-state index in [4.69, 9.17) is 18.0 Å². The normalized spacial score (nSPS) is 21.5. The van der Waals surface area contributed by atoms with Gasteiger partial charge in [-0.25, -0.2) is 0 Å². The van der Waals surface area contributed by atoms with Gasteiger partial charge >= 0.3 is 0 Å². The highest BCUT2D eigenvalue weighted by atomic mass is 32.1. The molecule has 1 unspecified atom stereocenters. The summed E-state index contributed by atoms with van der Waals surface area (Å²) in [6, 6.07) is 0. The van der Waals surface area contributed by atoms with Crippen LogP contribution in [0.1, 0.15) is 27.2 Å². The number of nitrogens with two attached hydrogens (primary N) is 1.